The van der Waals surface area contributed by atoms with Gasteiger partial charge in [-0.05, 0) is 37.5 Å². The number of benzene rings is 1. The van der Waals surface area contributed by atoms with Crippen molar-refractivity contribution in [3.63, 3.8) is 0 Å². The van der Waals surface area contributed by atoms with Gasteiger partial charge in [0.1, 0.15) is 11.6 Å². The van der Waals surface area contributed by atoms with Crippen LogP contribution in [0.5, 0.6) is 0 Å². The molecule has 1 amide bonds. The van der Waals surface area contributed by atoms with Crippen LogP contribution in [0.4, 0.5) is 5.82 Å². The Kier molecular flexibility index (Phi) is 4.48. The molecule has 1 aliphatic rings. The summed E-state index contributed by atoms with van der Waals surface area (Å²) >= 11 is 0. The van der Waals surface area contributed by atoms with Gasteiger partial charge in [0.2, 0.25) is 5.91 Å². The van der Waals surface area contributed by atoms with Crippen molar-refractivity contribution in [3.8, 4) is 5.69 Å². The fourth-order valence-corrected chi connectivity index (χ4v) is 3.70. The number of hydrogen-bond donors (Lipinski definition) is 1. The molecule has 6 nitrogen and oxygen atoms in total. The predicted molar refractivity (Wildman–Crippen MR) is 104 cm³/mol. The number of amides is 1. The summed E-state index contributed by atoms with van der Waals surface area (Å²) in [7, 11) is 0. The number of carbonyl (C=O) groups is 1. The summed E-state index contributed by atoms with van der Waals surface area (Å²) in [5, 5.41) is 7.77. The molecular formula is C21H23N5O. The molecule has 0 saturated carbocycles. The van der Waals surface area contributed by atoms with Crippen LogP contribution in [0.1, 0.15) is 53.9 Å². The highest BCUT2D eigenvalue weighted by Gasteiger charge is 2.33. The summed E-state index contributed by atoms with van der Waals surface area (Å²) in [6.45, 7) is 6.14. The highest BCUT2D eigenvalue weighted by molar-refractivity contribution is 5.95. The average Bonchev–Trinajstić information content (AvgIpc) is 2.99. The van der Waals surface area contributed by atoms with Gasteiger partial charge >= 0.3 is 0 Å². The number of aryl methyl sites for hydroxylation is 3. The number of aromatic nitrogens is 4. The van der Waals surface area contributed by atoms with Crippen LogP contribution < -0.4 is 5.32 Å². The number of carbonyl (C=O) groups excluding carboxylic acids is 1. The predicted octanol–water partition coefficient (Wildman–Crippen LogP) is 3.71. The molecule has 1 aliphatic heterocycles. The van der Waals surface area contributed by atoms with Crippen molar-refractivity contribution in [2.45, 2.75) is 46.0 Å². The quantitative estimate of drug-likeness (QED) is 0.769. The maximum absolute atomic E-state index is 12.5. The highest BCUT2D eigenvalue weighted by Crippen LogP contribution is 2.40. The molecule has 0 aliphatic carbocycles. The number of hydrogen-bond acceptors (Lipinski definition) is 4. The van der Waals surface area contributed by atoms with E-state index in [1.54, 1.807) is 0 Å². The van der Waals surface area contributed by atoms with Crippen LogP contribution in [0, 0.1) is 13.8 Å². The van der Waals surface area contributed by atoms with E-state index in [4.69, 9.17) is 5.10 Å². The number of anilines is 1. The van der Waals surface area contributed by atoms with Crippen molar-refractivity contribution in [1.29, 1.82) is 0 Å². The lowest BCUT2D eigenvalue weighted by Crippen LogP contribution is -2.25. The van der Waals surface area contributed by atoms with Gasteiger partial charge < -0.3 is 5.32 Å². The number of nitrogens with zero attached hydrogens (tertiary/aromatic N) is 4. The molecule has 0 saturated heterocycles. The minimum absolute atomic E-state index is 0.0140. The minimum Gasteiger partial charge on any atom is -0.310 e. The first-order valence-electron chi connectivity index (χ1n) is 9.34. The van der Waals surface area contributed by atoms with Crippen LogP contribution in [0.25, 0.3) is 5.69 Å². The van der Waals surface area contributed by atoms with Gasteiger partial charge in [0, 0.05) is 36.7 Å². The second-order valence-corrected chi connectivity index (χ2v) is 7.03. The third-order valence-corrected chi connectivity index (χ3v) is 5.05. The van der Waals surface area contributed by atoms with Crippen molar-refractivity contribution >= 4 is 11.7 Å². The first kappa shape index (κ1) is 17.4. The molecule has 27 heavy (non-hydrogen) atoms. The molecule has 0 bridgehead atoms. The molecule has 3 heterocycles. The van der Waals surface area contributed by atoms with E-state index in [1.165, 1.54) is 0 Å². The van der Waals surface area contributed by atoms with Crippen LogP contribution in [-0.4, -0.2) is 25.7 Å². The SMILES string of the molecule is CCCc1ncc([C@H]2CC(=O)Nc3c2c(C)nn3-c2ccccc2C)cn1. The Bertz CT molecular complexity index is 990. The zero-order valence-corrected chi connectivity index (χ0v) is 15.9. The third kappa shape index (κ3) is 3.12. The van der Waals surface area contributed by atoms with Gasteiger partial charge in [-0.3, -0.25) is 4.79 Å². The Morgan fingerprint density at radius 1 is 1.19 bits per heavy atom. The van der Waals surface area contributed by atoms with Crippen LogP contribution in [-0.2, 0) is 11.2 Å². The lowest BCUT2D eigenvalue weighted by Gasteiger charge is -2.24. The fourth-order valence-electron chi connectivity index (χ4n) is 3.70. The van der Waals surface area contributed by atoms with Gasteiger partial charge in [0.15, 0.2) is 0 Å². The molecule has 1 N–H and O–H groups in total. The molecule has 0 fully saturated rings. The van der Waals surface area contributed by atoms with E-state index in [9.17, 15) is 4.79 Å². The Balaban J connectivity index is 1.81. The molecule has 0 spiro atoms. The van der Waals surface area contributed by atoms with Gasteiger partial charge in [-0.1, -0.05) is 25.1 Å². The third-order valence-electron chi connectivity index (χ3n) is 5.05. The summed E-state index contributed by atoms with van der Waals surface area (Å²) in [6, 6.07) is 8.04. The summed E-state index contributed by atoms with van der Waals surface area (Å²) in [6.07, 6.45) is 5.97. The molecule has 2 aromatic heterocycles. The van der Waals surface area contributed by atoms with Crippen molar-refractivity contribution in [2.24, 2.45) is 0 Å². The van der Waals surface area contributed by atoms with E-state index in [1.807, 2.05) is 55.2 Å². The monoisotopic (exact) mass is 361 g/mol. The lowest BCUT2D eigenvalue weighted by molar-refractivity contribution is -0.116. The Morgan fingerprint density at radius 3 is 2.63 bits per heavy atom. The van der Waals surface area contributed by atoms with Crippen molar-refractivity contribution in [2.75, 3.05) is 5.32 Å². The maximum atomic E-state index is 12.5. The summed E-state index contributed by atoms with van der Waals surface area (Å²) in [5.41, 5.74) is 4.99. The van der Waals surface area contributed by atoms with Crippen molar-refractivity contribution in [1.82, 2.24) is 19.7 Å². The molecule has 6 heteroatoms. The first-order valence-corrected chi connectivity index (χ1v) is 9.34. The number of para-hydroxylation sites is 1. The Hall–Kier alpha value is -3.02. The normalized spacial score (nSPS) is 16.1. The first-order chi connectivity index (χ1) is 13.1. The Morgan fingerprint density at radius 2 is 1.93 bits per heavy atom. The molecule has 0 radical (unpaired) electrons. The molecule has 138 valence electrons. The van der Waals surface area contributed by atoms with Gasteiger partial charge in [-0.15, -0.1) is 0 Å². The summed E-state index contributed by atoms with van der Waals surface area (Å²) in [5.74, 6) is 1.50. The van der Waals surface area contributed by atoms with Crippen LogP contribution in [0.15, 0.2) is 36.7 Å². The molecule has 3 aromatic rings. The van der Waals surface area contributed by atoms with E-state index >= 15 is 0 Å². The largest absolute Gasteiger partial charge is 0.310 e. The van der Waals surface area contributed by atoms with E-state index in [0.29, 0.717) is 6.42 Å². The topological polar surface area (TPSA) is 72.7 Å². The molecule has 0 unspecified atom stereocenters. The van der Waals surface area contributed by atoms with Gasteiger partial charge in [0.05, 0.1) is 11.4 Å². The molecular weight excluding hydrogens is 338 g/mol. The van der Waals surface area contributed by atoms with Gasteiger partial charge in [0.25, 0.3) is 0 Å². The second kappa shape index (κ2) is 6.95. The van der Waals surface area contributed by atoms with E-state index < -0.39 is 0 Å². The number of fused-ring (bicyclic) bond motifs is 1. The van der Waals surface area contributed by atoms with E-state index in [-0.39, 0.29) is 11.8 Å². The van der Waals surface area contributed by atoms with Gasteiger partial charge in [-0.2, -0.15) is 5.10 Å². The summed E-state index contributed by atoms with van der Waals surface area (Å²) < 4.78 is 1.84. The molecule has 1 atom stereocenters. The van der Waals surface area contributed by atoms with E-state index in [2.05, 4.69) is 22.2 Å². The van der Waals surface area contributed by atoms with Crippen LogP contribution in [0.3, 0.4) is 0 Å². The summed E-state index contributed by atoms with van der Waals surface area (Å²) in [4.78, 5) is 21.4. The lowest BCUT2D eigenvalue weighted by atomic mass is 9.87. The van der Waals surface area contributed by atoms with Crippen molar-refractivity contribution < 1.29 is 4.79 Å². The number of rotatable bonds is 4. The molecule has 1 aromatic carbocycles. The second-order valence-electron chi connectivity index (χ2n) is 7.03. The fraction of sp³-hybridized carbons (Fsp3) is 0.333. The van der Waals surface area contributed by atoms with Gasteiger partial charge in [-0.25, -0.2) is 14.6 Å². The van der Waals surface area contributed by atoms with Crippen molar-refractivity contribution in [3.05, 3.63) is 64.9 Å². The number of nitrogens with one attached hydrogen (secondary N) is 1. The smallest absolute Gasteiger partial charge is 0.226 e. The van der Waals surface area contributed by atoms with Crippen LogP contribution in [0.2, 0.25) is 0 Å². The standard InChI is InChI=1S/C21H23N5O/c1-4-7-18-22-11-15(12-23-18)16-10-19(27)24-21-20(16)14(3)25-26(21)17-9-6-5-8-13(17)2/h5-6,8-9,11-12,16H,4,7,10H2,1-3H3,(H,24,27)/t16-/m1/s1. The Labute approximate surface area is 158 Å². The highest BCUT2D eigenvalue weighted by atomic mass is 16.1. The maximum Gasteiger partial charge on any atom is 0.226 e. The van der Waals surface area contributed by atoms with E-state index in [0.717, 1.165) is 52.6 Å². The zero-order valence-electron chi connectivity index (χ0n) is 15.9. The molecule has 4 rings (SSSR count). The zero-order chi connectivity index (χ0) is 19.0. The van der Waals surface area contributed by atoms with Crippen LogP contribution >= 0.6 is 0 Å². The minimum atomic E-state index is -0.0813. The average molecular weight is 361 g/mol.